The Balaban J connectivity index is 1.23. The first-order valence-electron chi connectivity index (χ1n) is 9.43. The number of halogens is 1. The lowest BCUT2D eigenvalue weighted by atomic mass is 10.2. The number of thioether (sulfide) groups is 1. The lowest BCUT2D eigenvalue weighted by Crippen LogP contribution is -2.37. The topological polar surface area (TPSA) is 71.3 Å². The molecule has 3 aromatic rings. The maximum Gasteiger partial charge on any atom is 0.277 e. The Hall–Kier alpha value is -2.16. The average molecular weight is 473 g/mol. The zero-order valence-electron chi connectivity index (χ0n) is 15.8. The van der Waals surface area contributed by atoms with Gasteiger partial charge < -0.3 is 9.73 Å². The molecular formula is C21H21BrN4O2S. The molecule has 2 heterocycles. The van der Waals surface area contributed by atoms with Gasteiger partial charge in [-0.2, -0.15) is 0 Å². The van der Waals surface area contributed by atoms with Crippen LogP contribution in [0, 0.1) is 0 Å². The second-order valence-electron chi connectivity index (χ2n) is 6.95. The average Bonchev–Trinajstić information content (AvgIpc) is 3.37. The minimum atomic E-state index is -0.0104. The Kier molecular flexibility index (Phi) is 6.63. The van der Waals surface area contributed by atoms with Crippen LogP contribution >= 0.6 is 27.7 Å². The van der Waals surface area contributed by atoms with Crippen LogP contribution in [0.4, 0.5) is 0 Å². The molecule has 0 bridgehead atoms. The van der Waals surface area contributed by atoms with Crippen molar-refractivity contribution in [1.82, 2.24) is 20.4 Å². The van der Waals surface area contributed by atoms with Gasteiger partial charge >= 0.3 is 0 Å². The van der Waals surface area contributed by atoms with E-state index in [-0.39, 0.29) is 17.7 Å². The SMILES string of the molecule is O=C(CSc1nnc(-c2cccc(Br)c2)o1)NC1CCN(Cc2ccccc2)C1. The molecule has 1 aliphatic heterocycles. The second kappa shape index (κ2) is 9.56. The van der Waals surface area contributed by atoms with Crippen LogP contribution < -0.4 is 5.32 Å². The summed E-state index contributed by atoms with van der Waals surface area (Å²) in [7, 11) is 0. The van der Waals surface area contributed by atoms with Gasteiger partial charge in [0.25, 0.3) is 5.22 Å². The quantitative estimate of drug-likeness (QED) is 0.524. The summed E-state index contributed by atoms with van der Waals surface area (Å²) >= 11 is 4.69. The summed E-state index contributed by atoms with van der Waals surface area (Å²) in [5.74, 6) is 0.695. The number of nitrogens with zero attached hydrogens (tertiary/aromatic N) is 3. The monoisotopic (exact) mass is 472 g/mol. The third-order valence-corrected chi connectivity index (χ3v) is 6.00. The first kappa shape index (κ1) is 20.1. The summed E-state index contributed by atoms with van der Waals surface area (Å²) in [6.07, 6.45) is 0.969. The Morgan fingerprint density at radius 1 is 1.21 bits per heavy atom. The normalized spacial score (nSPS) is 16.8. The van der Waals surface area contributed by atoms with Gasteiger partial charge in [0.05, 0.1) is 5.75 Å². The molecule has 0 saturated carbocycles. The van der Waals surface area contributed by atoms with Gasteiger partial charge in [-0.05, 0) is 30.2 Å². The van der Waals surface area contributed by atoms with Gasteiger partial charge in [-0.1, -0.05) is 64.1 Å². The minimum Gasteiger partial charge on any atom is -0.411 e. The maximum atomic E-state index is 12.3. The van der Waals surface area contributed by atoms with Gasteiger partial charge in [-0.3, -0.25) is 9.69 Å². The van der Waals surface area contributed by atoms with Crippen LogP contribution in [-0.4, -0.2) is 45.9 Å². The molecule has 1 unspecified atom stereocenters. The summed E-state index contributed by atoms with van der Waals surface area (Å²) < 4.78 is 6.60. The van der Waals surface area contributed by atoms with E-state index in [1.165, 1.54) is 17.3 Å². The Labute approximate surface area is 182 Å². The smallest absolute Gasteiger partial charge is 0.277 e. The highest BCUT2D eigenvalue weighted by atomic mass is 79.9. The molecular weight excluding hydrogens is 452 g/mol. The summed E-state index contributed by atoms with van der Waals surface area (Å²) in [5.41, 5.74) is 2.14. The first-order chi connectivity index (χ1) is 14.2. The highest BCUT2D eigenvalue weighted by Gasteiger charge is 2.24. The number of hydrogen-bond acceptors (Lipinski definition) is 6. The van der Waals surface area contributed by atoms with E-state index < -0.39 is 0 Å². The van der Waals surface area contributed by atoms with Gasteiger partial charge in [-0.25, -0.2) is 0 Å². The summed E-state index contributed by atoms with van der Waals surface area (Å²) in [5, 5.41) is 11.6. The second-order valence-corrected chi connectivity index (χ2v) is 8.79. The molecule has 1 saturated heterocycles. The van der Waals surface area contributed by atoms with E-state index in [4.69, 9.17) is 4.42 Å². The van der Waals surface area contributed by atoms with Crippen LogP contribution in [0.3, 0.4) is 0 Å². The zero-order chi connectivity index (χ0) is 20.1. The molecule has 1 atom stereocenters. The van der Waals surface area contributed by atoms with Crippen molar-refractivity contribution in [1.29, 1.82) is 0 Å². The molecule has 29 heavy (non-hydrogen) atoms. The highest BCUT2D eigenvalue weighted by molar-refractivity contribution is 9.10. The van der Waals surface area contributed by atoms with Crippen LogP contribution in [-0.2, 0) is 11.3 Å². The van der Waals surface area contributed by atoms with Gasteiger partial charge in [-0.15, -0.1) is 10.2 Å². The van der Waals surface area contributed by atoms with Crippen LogP contribution in [0.5, 0.6) is 0 Å². The molecule has 0 radical (unpaired) electrons. The summed E-state index contributed by atoms with van der Waals surface area (Å²) in [6, 6.07) is 18.3. The predicted octanol–water partition coefficient (Wildman–Crippen LogP) is 3.98. The van der Waals surface area contributed by atoms with Crippen molar-refractivity contribution in [2.45, 2.75) is 24.2 Å². The Morgan fingerprint density at radius 3 is 2.90 bits per heavy atom. The van der Waals surface area contributed by atoms with Gasteiger partial charge in [0, 0.05) is 35.7 Å². The first-order valence-corrected chi connectivity index (χ1v) is 11.2. The molecule has 1 N–H and O–H groups in total. The van der Waals surface area contributed by atoms with E-state index in [2.05, 4.69) is 60.6 Å². The third kappa shape index (κ3) is 5.68. The maximum absolute atomic E-state index is 12.3. The van der Waals surface area contributed by atoms with Gasteiger partial charge in [0.15, 0.2) is 0 Å². The molecule has 4 rings (SSSR count). The van der Waals surface area contributed by atoms with E-state index in [1.807, 2.05) is 30.3 Å². The van der Waals surface area contributed by atoms with Crippen molar-refractivity contribution >= 4 is 33.6 Å². The molecule has 150 valence electrons. The fourth-order valence-electron chi connectivity index (χ4n) is 3.34. The van der Waals surface area contributed by atoms with E-state index in [0.29, 0.717) is 11.1 Å². The van der Waals surface area contributed by atoms with Crippen molar-refractivity contribution in [2.24, 2.45) is 0 Å². The number of carbonyl (C=O) groups excluding carboxylic acids is 1. The number of amides is 1. The molecule has 8 heteroatoms. The van der Waals surface area contributed by atoms with Crippen molar-refractivity contribution < 1.29 is 9.21 Å². The van der Waals surface area contributed by atoms with Crippen molar-refractivity contribution in [3.63, 3.8) is 0 Å². The molecule has 6 nitrogen and oxygen atoms in total. The van der Waals surface area contributed by atoms with E-state index >= 15 is 0 Å². The predicted molar refractivity (Wildman–Crippen MR) is 116 cm³/mol. The molecule has 1 amide bonds. The van der Waals surface area contributed by atoms with Gasteiger partial charge in [0.2, 0.25) is 11.8 Å². The van der Waals surface area contributed by atoms with E-state index in [0.717, 1.165) is 36.1 Å². The van der Waals surface area contributed by atoms with E-state index in [1.54, 1.807) is 0 Å². The summed E-state index contributed by atoms with van der Waals surface area (Å²) in [4.78, 5) is 14.7. The molecule has 0 aliphatic carbocycles. The van der Waals surface area contributed by atoms with Crippen LogP contribution in [0.1, 0.15) is 12.0 Å². The largest absolute Gasteiger partial charge is 0.411 e. The van der Waals surface area contributed by atoms with E-state index in [9.17, 15) is 4.79 Å². The number of rotatable bonds is 7. The fraction of sp³-hybridized carbons (Fsp3) is 0.286. The van der Waals surface area contributed by atoms with Crippen molar-refractivity contribution in [3.05, 3.63) is 64.6 Å². The van der Waals surface area contributed by atoms with Crippen molar-refractivity contribution in [3.8, 4) is 11.5 Å². The lowest BCUT2D eigenvalue weighted by molar-refractivity contribution is -0.119. The molecule has 1 aromatic heterocycles. The molecule has 1 fully saturated rings. The van der Waals surface area contributed by atoms with Crippen LogP contribution in [0.2, 0.25) is 0 Å². The van der Waals surface area contributed by atoms with Crippen LogP contribution in [0.25, 0.3) is 11.5 Å². The zero-order valence-corrected chi connectivity index (χ0v) is 18.2. The Morgan fingerprint density at radius 2 is 2.07 bits per heavy atom. The third-order valence-electron chi connectivity index (χ3n) is 4.69. The number of benzene rings is 2. The molecule has 0 spiro atoms. The lowest BCUT2D eigenvalue weighted by Gasteiger charge is -2.16. The number of aromatic nitrogens is 2. The fourth-order valence-corrected chi connectivity index (χ4v) is 4.31. The summed E-state index contributed by atoms with van der Waals surface area (Å²) in [6.45, 7) is 2.79. The number of nitrogens with one attached hydrogen (secondary N) is 1. The minimum absolute atomic E-state index is 0.0104. The number of likely N-dealkylation sites (tertiary alicyclic amines) is 1. The standard InChI is InChI=1S/C21H21BrN4O2S/c22-17-8-4-7-16(11-17)20-24-25-21(28-20)29-14-19(27)23-18-9-10-26(13-18)12-15-5-2-1-3-6-15/h1-8,11,18H,9-10,12-14H2,(H,23,27). The number of carbonyl (C=O) groups is 1. The molecule has 2 aromatic carbocycles. The highest BCUT2D eigenvalue weighted by Crippen LogP contribution is 2.25. The molecule has 1 aliphatic rings. The Bertz CT molecular complexity index is 966. The van der Waals surface area contributed by atoms with Gasteiger partial charge in [0.1, 0.15) is 0 Å². The van der Waals surface area contributed by atoms with Crippen molar-refractivity contribution in [2.75, 3.05) is 18.8 Å². The number of hydrogen-bond donors (Lipinski definition) is 1. The van der Waals surface area contributed by atoms with Crippen LogP contribution in [0.15, 0.2) is 68.7 Å².